The Bertz CT molecular complexity index is 1410. The number of urea groups is 1. The number of alkyl halides is 3. The average Bonchev–Trinajstić information content (AvgIpc) is 3.47. The van der Waals surface area contributed by atoms with Crippen LogP contribution >= 0.6 is 0 Å². The largest absolute Gasteiger partial charge is 0.462 e. The Balaban J connectivity index is 1.53. The fourth-order valence-corrected chi connectivity index (χ4v) is 6.30. The van der Waals surface area contributed by atoms with E-state index in [1.165, 1.54) is 22.9 Å². The second kappa shape index (κ2) is 10.2. The van der Waals surface area contributed by atoms with Crippen LogP contribution in [0.5, 0.6) is 0 Å². The predicted octanol–water partition coefficient (Wildman–Crippen LogP) is 3.59. The minimum absolute atomic E-state index is 0.0159. The van der Waals surface area contributed by atoms with E-state index in [-0.39, 0.29) is 54.3 Å². The van der Waals surface area contributed by atoms with Gasteiger partial charge in [0.25, 0.3) is 5.56 Å². The van der Waals surface area contributed by atoms with E-state index < -0.39 is 35.0 Å². The van der Waals surface area contributed by atoms with Crippen molar-refractivity contribution >= 4 is 12.0 Å². The highest BCUT2D eigenvalue weighted by atomic mass is 19.4. The third kappa shape index (κ3) is 4.74. The summed E-state index contributed by atoms with van der Waals surface area (Å²) >= 11 is 0. The van der Waals surface area contributed by atoms with Gasteiger partial charge in [0.2, 0.25) is 0 Å². The van der Waals surface area contributed by atoms with E-state index in [1.807, 2.05) is 4.90 Å². The molecule has 2 fully saturated rings. The molecule has 0 bridgehead atoms. The standard InChI is InChI=1S/C27H31F3N4O5/c1-3-39-24(36)20-15-33(17-9-7-16(8-10-17)32-14-13-31(2)25(32)37)26(38)34(23(20)35)22-12-11-18-19(22)5-4-6-21(18)27(28,29)30/h4-6,15-17,22H,3,7-14H2,1-2H3/t16?,17?,22-/m1/s1. The molecule has 9 nitrogen and oxygen atoms in total. The molecule has 1 aromatic heterocycles. The summed E-state index contributed by atoms with van der Waals surface area (Å²) in [5, 5.41) is 0. The van der Waals surface area contributed by atoms with Crippen molar-refractivity contribution in [1.29, 1.82) is 0 Å². The van der Waals surface area contributed by atoms with Gasteiger partial charge < -0.3 is 14.5 Å². The summed E-state index contributed by atoms with van der Waals surface area (Å²) in [6.07, 6.45) is -0.785. The average molecular weight is 549 g/mol. The monoisotopic (exact) mass is 548 g/mol. The molecule has 1 saturated heterocycles. The molecule has 5 rings (SSSR count). The predicted molar refractivity (Wildman–Crippen MR) is 135 cm³/mol. The quantitative estimate of drug-likeness (QED) is 0.533. The highest BCUT2D eigenvalue weighted by molar-refractivity contribution is 5.88. The van der Waals surface area contributed by atoms with Gasteiger partial charge in [0, 0.05) is 38.4 Å². The molecule has 0 N–H and O–H groups in total. The van der Waals surface area contributed by atoms with Crippen LogP contribution in [0.3, 0.4) is 0 Å². The number of carbonyl (C=O) groups excluding carboxylic acids is 2. The minimum atomic E-state index is -4.57. The molecule has 2 aliphatic carbocycles. The maximum atomic E-state index is 13.8. The number of esters is 1. The topological polar surface area (TPSA) is 93.8 Å². The summed E-state index contributed by atoms with van der Waals surface area (Å²) in [5.41, 5.74) is -2.31. The van der Waals surface area contributed by atoms with Gasteiger partial charge in [0.15, 0.2) is 0 Å². The lowest BCUT2D eigenvalue weighted by atomic mass is 9.90. The van der Waals surface area contributed by atoms with Gasteiger partial charge in [-0.15, -0.1) is 0 Å². The molecule has 2 amide bonds. The number of ether oxygens (including phenoxy) is 1. The fraction of sp³-hybridized carbons (Fsp3) is 0.556. The van der Waals surface area contributed by atoms with Gasteiger partial charge in [-0.1, -0.05) is 12.1 Å². The summed E-state index contributed by atoms with van der Waals surface area (Å²) in [4.78, 5) is 56.0. The molecular formula is C27H31F3N4O5. The fourth-order valence-electron chi connectivity index (χ4n) is 6.30. The summed E-state index contributed by atoms with van der Waals surface area (Å²) in [6, 6.07) is 2.52. The van der Waals surface area contributed by atoms with Crippen LogP contribution in [0.2, 0.25) is 0 Å². The Kier molecular flexibility index (Phi) is 7.06. The Hall–Kier alpha value is -3.57. The first-order valence-corrected chi connectivity index (χ1v) is 13.3. The van der Waals surface area contributed by atoms with Crippen LogP contribution in [-0.2, 0) is 17.3 Å². The van der Waals surface area contributed by atoms with Crippen molar-refractivity contribution in [3.8, 4) is 0 Å². The Morgan fingerprint density at radius 3 is 2.33 bits per heavy atom. The zero-order valence-electron chi connectivity index (χ0n) is 21.9. The van der Waals surface area contributed by atoms with E-state index in [0.29, 0.717) is 38.8 Å². The third-order valence-electron chi connectivity index (χ3n) is 8.24. The van der Waals surface area contributed by atoms with E-state index in [0.717, 1.165) is 10.6 Å². The number of hydrogen-bond donors (Lipinski definition) is 0. The lowest BCUT2D eigenvalue weighted by molar-refractivity contribution is -0.138. The molecule has 1 saturated carbocycles. The van der Waals surface area contributed by atoms with E-state index >= 15 is 0 Å². The van der Waals surface area contributed by atoms with E-state index in [9.17, 15) is 32.3 Å². The van der Waals surface area contributed by atoms with E-state index in [4.69, 9.17) is 4.74 Å². The zero-order valence-corrected chi connectivity index (χ0v) is 21.9. The Morgan fingerprint density at radius 1 is 1.03 bits per heavy atom. The van der Waals surface area contributed by atoms with Crippen molar-refractivity contribution in [1.82, 2.24) is 18.9 Å². The normalized spacial score (nSPS) is 23.3. The third-order valence-corrected chi connectivity index (χ3v) is 8.24. The Morgan fingerprint density at radius 2 is 1.72 bits per heavy atom. The molecule has 2 heterocycles. The second-order valence-corrected chi connectivity index (χ2v) is 10.4. The molecule has 0 spiro atoms. The van der Waals surface area contributed by atoms with Gasteiger partial charge in [0.1, 0.15) is 5.56 Å². The lowest BCUT2D eigenvalue weighted by Gasteiger charge is -2.35. The summed E-state index contributed by atoms with van der Waals surface area (Å²) in [5.74, 6) is -0.883. The first-order chi connectivity index (χ1) is 18.5. The molecule has 1 atom stereocenters. The van der Waals surface area contributed by atoms with Crippen molar-refractivity contribution < 1.29 is 27.5 Å². The highest BCUT2D eigenvalue weighted by Crippen LogP contribution is 2.41. The van der Waals surface area contributed by atoms with Crippen LogP contribution in [0.15, 0.2) is 34.0 Å². The number of likely N-dealkylation sites (N-methyl/N-ethyl adjacent to an activating group) is 1. The van der Waals surface area contributed by atoms with Crippen molar-refractivity contribution in [2.24, 2.45) is 0 Å². The minimum Gasteiger partial charge on any atom is -0.462 e. The van der Waals surface area contributed by atoms with Crippen LogP contribution < -0.4 is 11.2 Å². The van der Waals surface area contributed by atoms with Crippen molar-refractivity contribution in [2.45, 2.75) is 69.8 Å². The number of amides is 2. The summed E-state index contributed by atoms with van der Waals surface area (Å²) < 4.78 is 48.4. The van der Waals surface area contributed by atoms with Crippen LogP contribution in [0.25, 0.3) is 0 Å². The van der Waals surface area contributed by atoms with Crippen molar-refractivity contribution in [3.63, 3.8) is 0 Å². The smallest absolute Gasteiger partial charge is 0.416 e. The second-order valence-electron chi connectivity index (χ2n) is 10.4. The maximum Gasteiger partial charge on any atom is 0.416 e. The van der Waals surface area contributed by atoms with Crippen LogP contribution in [-0.4, -0.2) is 63.7 Å². The molecule has 1 aliphatic heterocycles. The molecule has 0 radical (unpaired) electrons. The van der Waals surface area contributed by atoms with Gasteiger partial charge >= 0.3 is 23.9 Å². The van der Waals surface area contributed by atoms with Gasteiger partial charge in [-0.3, -0.25) is 13.9 Å². The number of aromatic nitrogens is 2. The SMILES string of the molecule is CCOC(=O)c1cn(C2CCC(N3CCN(C)C3=O)CC2)c(=O)n([C@@H]2CCc3c2cccc3C(F)(F)F)c1=O. The molecule has 3 aliphatic rings. The summed E-state index contributed by atoms with van der Waals surface area (Å²) in [7, 11) is 1.76. The molecular weight excluding hydrogens is 517 g/mol. The zero-order chi connectivity index (χ0) is 28.1. The highest BCUT2D eigenvalue weighted by Gasteiger charge is 2.40. The number of carbonyl (C=O) groups is 2. The molecule has 0 unspecified atom stereocenters. The first-order valence-electron chi connectivity index (χ1n) is 13.3. The molecule has 210 valence electrons. The van der Waals surface area contributed by atoms with Crippen LogP contribution in [0.4, 0.5) is 18.0 Å². The molecule has 39 heavy (non-hydrogen) atoms. The number of nitrogens with zero attached hydrogens (tertiary/aromatic N) is 4. The van der Waals surface area contributed by atoms with Gasteiger partial charge in [0.05, 0.1) is 18.2 Å². The van der Waals surface area contributed by atoms with E-state index in [2.05, 4.69) is 0 Å². The first kappa shape index (κ1) is 27.0. The van der Waals surface area contributed by atoms with Gasteiger partial charge in [-0.05, 0) is 62.6 Å². The number of fused-ring (bicyclic) bond motifs is 1. The van der Waals surface area contributed by atoms with Crippen molar-refractivity contribution in [3.05, 3.63) is 67.5 Å². The maximum absolute atomic E-state index is 13.8. The number of benzene rings is 1. The van der Waals surface area contributed by atoms with Crippen LogP contribution in [0, 0.1) is 0 Å². The van der Waals surface area contributed by atoms with Crippen molar-refractivity contribution in [2.75, 3.05) is 26.7 Å². The molecule has 1 aromatic carbocycles. The number of hydrogen-bond acceptors (Lipinski definition) is 5. The van der Waals surface area contributed by atoms with E-state index in [1.54, 1.807) is 18.9 Å². The molecule has 12 heteroatoms. The van der Waals surface area contributed by atoms with Crippen LogP contribution in [0.1, 0.15) is 78.2 Å². The Labute approximate surface area is 222 Å². The van der Waals surface area contributed by atoms with Gasteiger partial charge in [-0.2, -0.15) is 13.2 Å². The molecule has 2 aromatic rings. The summed E-state index contributed by atoms with van der Waals surface area (Å²) in [6.45, 7) is 2.91. The number of rotatable bonds is 5. The van der Waals surface area contributed by atoms with Gasteiger partial charge in [-0.25, -0.2) is 14.4 Å². The lowest BCUT2D eigenvalue weighted by Crippen LogP contribution is -2.47. The number of halogens is 3.